The number of carbonyl (C=O) groups excluding carboxylic acids is 1. The third-order valence-corrected chi connectivity index (χ3v) is 4.58. The van der Waals surface area contributed by atoms with Crippen molar-refractivity contribution in [2.45, 2.75) is 39.7 Å². The first-order valence-electron chi connectivity index (χ1n) is 8.00. The van der Waals surface area contributed by atoms with Crippen LogP contribution in [0.15, 0.2) is 49.1 Å². The zero-order chi connectivity index (χ0) is 16.9. The number of carbonyl (C=O) groups is 1. The number of rotatable bonds is 6. The van der Waals surface area contributed by atoms with Gasteiger partial charge in [-0.3, -0.25) is 9.78 Å². The van der Waals surface area contributed by atoms with Crippen LogP contribution in [0.1, 0.15) is 39.7 Å². The standard InChI is InChI=1S/C19H25N2O2/c1-5-19(3,18(22)23-4)14-15(2)21-12-8-17(9-13-21)16-6-10-20-11-7-16/h6-13,15H,5,14H2,1-4H3/q+1. The van der Waals surface area contributed by atoms with Crippen LogP contribution < -0.4 is 4.57 Å². The Balaban J connectivity index is 2.14. The Hall–Kier alpha value is -2.23. The van der Waals surface area contributed by atoms with E-state index in [-0.39, 0.29) is 12.0 Å². The molecule has 0 bridgehead atoms. The summed E-state index contributed by atoms with van der Waals surface area (Å²) in [5.74, 6) is -0.138. The van der Waals surface area contributed by atoms with Crippen molar-refractivity contribution in [3.8, 4) is 11.1 Å². The van der Waals surface area contributed by atoms with E-state index >= 15 is 0 Å². The number of hydrogen-bond acceptors (Lipinski definition) is 3. The van der Waals surface area contributed by atoms with Crippen LogP contribution in [0.5, 0.6) is 0 Å². The Morgan fingerprint density at radius 2 is 1.78 bits per heavy atom. The molecule has 0 aliphatic heterocycles. The minimum absolute atomic E-state index is 0.138. The van der Waals surface area contributed by atoms with Crippen LogP contribution in [0.2, 0.25) is 0 Å². The third kappa shape index (κ3) is 3.95. The first-order chi connectivity index (χ1) is 11.0. The predicted molar refractivity (Wildman–Crippen MR) is 89.6 cm³/mol. The third-order valence-electron chi connectivity index (χ3n) is 4.58. The lowest BCUT2D eigenvalue weighted by atomic mass is 9.81. The van der Waals surface area contributed by atoms with Crippen molar-refractivity contribution in [3.05, 3.63) is 49.1 Å². The van der Waals surface area contributed by atoms with Crippen LogP contribution >= 0.6 is 0 Å². The van der Waals surface area contributed by atoms with Crippen molar-refractivity contribution in [1.29, 1.82) is 0 Å². The highest BCUT2D eigenvalue weighted by atomic mass is 16.5. The fraction of sp³-hybridized carbons (Fsp3) is 0.421. The molecule has 0 amide bonds. The number of aromatic nitrogens is 2. The van der Waals surface area contributed by atoms with Gasteiger partial charge in [0, 0.05) is 30.9 Å². The zero-order valence-corrected chi connectivity index (χ0v) is 14.3. The maximum atomic E-state index is 12.0. The highest BCUT2D eigenvalue weighted by Crippen LogP contribution is 2.31. The molecule has 0 spiro atoms. The lowest BCUT2D eigenvalue weighted by Crippen LogP contribution is -2.42. The van der Waals surface area contributed by atoms with Crippen molar-refractivity contribution >= 4 is 5.97 Å². The van der Waals surface area contributed by atoms with E-state index in [2.05, 4.69) is 41.0 Å². The van der Waals surface area contributed by atoms with Crippen LogP contribution in [0.3, 0.4) is 0 Å². The summed E-state index contributed by atoms with van der Waals surface area (Å²) in [6.45, 7) is 6.13. The van der Waals surface area contributed by atoms with Gasteiger partial charge in [0.25, 0.3) is 0 Å². The zero-order valence-electron chi connectivity index (χ0n) is 14.3. The fourth-order valence-electron chi connectivity index (χ4n) is 2.84. The Kier molecular flexibility index (Phi) is 5.48. The lowest BCUT2D eigenvalue weighted by molar-refractivity contribution is -0.721. The van der Waals surface area contributed by atoms with Gasteiger partial charge >= 0.3 is 5.97 Å². The first-order valence-corrected chi connectivity index (χ1v) is 8.00. The van der Waals surface area contributed by atoms with E-state index in [0.717, 1.165) is 24.0 Å². The van der Waals surface area contributed by atoms with Crippen molar-refractivity contribution < 1.29 is 14.1 Å². The molecule has 2 aromatic heterocycles. The van der Waals surface area contributed by atoms with E-state index in [1.807, 2.05) is 26.0 Å². The minimum atomic E-state index is -0.453. The molecule has 0 aliphatic carbocycles. The van der Waals surface area contributed by atoms with E-state index in [0.29, 0.717) is 0 Å². The molecule has 0 aliphatic rings. The second-order valence-corrected chi connectivity index (χ2v) is 6.23. The first kappa shape index (κ1) is 17.1. The molecule has 2 unspecified atom stereocenters. The van der Waals surface area contributed by atoms with Gasteiger partial charge in [-0.05, 0) is 43.5 Å². The number of hydrogen-bond donors (Lipinski definition) is 0. The van der Waals surface area contributed by atoms with Crippen LogP contribution in [0, 0.1) is 5.41 Å². The molecular formula is C19H25N2O2+. The number of esters is 1. The van der Waals surface area contributed by atoms with Gasteiger partial charge in [0.05, 0.1) is 12.5 Å². The van der Waals surface area contributed by atoms with E-state index < -0.39 is 5.41 Å². The smallest absolute Gasteiger partial charge is 0.311 e. The Morgan fingerprint density at radius 3 is 2.30 bits per heavy atom. The van der Waals surface area contributed by atoms with E-state index in [9.17, 15) is 4.79 Å². The largest absolute Gasteiger partial charge is 0.469 e. The van der Waals surface area contributed by atoms with Gasteiger partial charge in [0.15, 0.2) is 18.4 Å². The van der Waals surface area contributed by atoms with Crippen molar-refractivity contribution in [2.24, 2.45) is 5.41 Å². The monoisotopic (exact) mass is 313 g/mol. The maximum Gasteiger partial charge on any atom is 0.311 e. The van der Waals surface area contributed by atoms with Gasteiger partial charge in [-0.1, -0.05) is 6.92 Å². The Labute approximate surface area is 138 Å². The van der Waals surface area contributed by atoms with E-state index in [1.54, 1.807) is 12.4 Å². The summed E-state index contributed by atoms with van der Waals surface area (Å²) in [5.41, 5.74) is 1.85. The van der Waals surface area contributed by atoms with Gasteiger partial charge in [0.2, 0.25) is 0 Å². The van der Waals surface area contributed by atoms with Gasteiger partial charge in [-0.15, -0.1) is 0 Å². The Bertz CT molecular complexity index is 640. The summed E-state index contributed by atoms with van der Waals surface area (Å²) in [7, 11) is 1.46. The fourth-order valence-corrected chi connectivity index (χ4v) is 2.84. The molecule has 2 rings (SSSR count). The molecule has 0 saturated carbocycles. The number of nitrogens with zero attached hydrogens (tertiary/aromatic N) is 2. The second-order valence-electron chi connectivity index (χ2n) is 6.23. The molecule has 4 heteroatoms. The highest BCUT2D eigenvalue weighted by Gasteiger charge is 2.36. The molecule has 122 valence electrons. The van der Waals surface area contributed by atoms with Crippen molar-refractivity contribution in [1.82, 2.24) is 4.98 Å². The van der Waals surface area contributed by atoms with Crippen LogP contribution in [0.25, 0.3) is 11.1 Å². The van der Waals surface area contributed by atoms with Crippen LogP contribution in [0.4, 0.5) is 0 Å². The molecular weight excluding hydrogens is 288 g/mol. The van der Waals surface area contributed by atoms with Gasteiger partial charge in [-0.25, -0.2) is 4.57 Å². The van der Waals surface area contributed by atoms with E-state index in [4.69, 9.17) is 4.74 Å². The molecule has 4 nitrogen and oxygen atoms in total. The summed E-state index contributed by atoms with van der Waals surface area (Å²) in [6, 6.07) is 8.38. The van der Waals surface area contributed by atoms with Crippen molar-refractivity contribution in [3.63, 3.8) is 0 Å². The lowest BCUT2D eigenvalue weighted by Gasteiger charge is -2.26. The molecule has 23 heavy (non-hydrogen) atoms. The summed E-state index contributed by atoms with van der Waals surface area (Å²) >= 11 is 0. The number of pyridine rings is 2. The molecule has 2 aromatic rings. The summed E-state index contributed by atoms with van der Waals surface area (Å²) in [5, 5.41) is 0. The average molecular weight is 313 g/mol. The van der Waals surface area contributed by atoms with Gasteiger partial charge < -0.3 is 4.74 Å². The SMILES string of the molecule is CCC(C)(CC(C)[n+]1ccc(-c2ccncc2)cc1)C(=O)OC. The highest BCUT2D eigenvalue weighted by molar-refractivity contribution is 5.76. The average Bonchev–Trinajstić information content (AvgIpc) is 2.61. The molecule has 0 saturated heterocycles. The topological polar surface area (TPSA) is 43.1 Å². The predicted octanol–water partition coefficient (Wildman–Crippen LogP) is 3.58. The molecule has 0 aromatic carbocycles. The normalized spacial score (nSPS) is 14.8. The maximum absolute atomic E-state index is 12.0. The van der Waals surface area contributed by atoms with Crippen molar-refractivity contribution in [2.75, 3.05) is 7.11 Å². The number of methoxy groups -OCH3 is 1. The molecule has 0 radical (unpaired) electrons. The molecule has 0 fully saturated rings. The second kappa shape index (κ2) is 7.36. The summed E-state index contributed by atoms with van der Waals surface area (Å²) in [6.07, 6.45) is 9.22. The van der Waals surface area contributed by atoms with Gasteiger partial charge in [-0.2, -0.15) is 0 Å². The van der Waals surface area contributed by atoms with Crippen LogP contribution in [-0.2, 0) is 9.53 Å². The van der Waals surface area contributed by atoms with Gasteiger partial charge in [0.1, 0.15) is 0 Å². The van der Waals surface area contributed by atoms with Crippen LogP contribution in [-0.4, -0.2) is 18.1 Å². The quantitative estimate of drug-likeness (QED) is 0.605. The molecule has 2 heterocycles. The molecule has 2 atom stereocenters. The molecule has 0 N–H and O–H groups in total. The van der Waals surface area contributed by atoms with E-state index in [1.165, 1.54) is 7.11 Å². The minimum Gasteiger partial charge on any atom is -0.469 e. The summed E-state index contributed by atoms with van der Waals surface area (Å²) in [4.78, 5) is 16.1. The number of ether oxygens (including phenoxy) is 1. The Morgan fingerprint density at radius 1 is 1.22 bits per heavy atom. The summed E-state index contributed by atoms with van der Waals surface area (Å²) < 4.78 is 7.11.